The van der Waals surface area contributed by atoms with Gasteiger partial charge in [0, 0.05) is 29.0 Å². The number of halogens is 1. The van der Waals surface area contributed by atoms with Gasteiger partial charge in [0.15, 0.2) is 5.16 Å². The maximum Gasteiger partial charge on any atom is 0.169 e. The summed E-state index contributed by atoms with van der Waals surface area (Å²) in [5, 5.41) is 1.76. The van der Waals surface area contributed by atoms with Crippen LogP contribution in [-0.2, 0) is 12.8 Å². The SMILES string of the molecule is Cn1c(SCc2ccc(Cl)cc2)nc(-c2ccccc2)c1-c1ccccc1. The third-order valence-corrected chi connectivity index (χ3v) is 5.78. The second-order valence-electron chi connectivity index (χ2n) is 6.30. The zero-order valence-electron chi connectivity index (χ0n) is 15.0. The molecule has 0 saturated carbocycles. The van der Waals surface area contributed by atoms with E-state index in [2.05, 4.69) is 72.3 Å². The lowest BCUT2D eigenvalue weighted by Gasteiger charge is -2.08. The van der Waals surface area contributed by atoms with Crippen molar-refractivity contribution in [2.24, 2.45) is 7.05 Å². The molecule has 0 aliphatic rings. The average molecular weight is 391 g/mol. The van der Waals surface area contributed by atoms with E-state index >= 15 is 0 Å². The molecule has 0 spiro atoms. The van der Waals surface area contributed by atoms with Crippen LogP contribution in [0.2, 0.25) is 5.02 Å². The lowest BCUT2D eigenvalue weighted by atomic mass is 10.1. The third-order valence-electron chi connectivity index (χ3n) is 4.43. The topological polar surface area (TPSA) is 17.8 Å². The number of imidazole rings is 1. The standard InChI is InChI=1S/C23H19ClN2S/c1-26-22(19-10-6-3-7-11-19)21(18-8-4-2-5-9-18)25-23(26)27-16-17-12-14-20(24)15-13-17/h2-15H,16H2,1H3. The maximum atomic E-state index is 5.99. The largest absolute Gasteiger partial charge is 0.322 e. The molecule has 0 bridgehead atoms. The molecule has 0 fully saturated rings. The van der Waals surface area contributed by atoms with Gasteiger partial charge in [0.05, 0.1) is 11.4 Å². The Hall–Kier alpha value is -2.49. The number of benzene rings is 3. The Balaban J connectivity index is 1.72. The smallest absolute Gasteiger partial charge is 0.169 e. The fraction of sp³-hybridized carbons (Fsp3) is 0.0870. The van der Waals surface area contributed by atoms with Crippen molar-refractivity contribution < 1.29 is 0 Å². The van der Waals surface area contributed by atoms with Crippen LogP contribution >= 0.6 is 23.4 Å². The number of hydrogen-bond donors (Lipinski definition) is 0. The van der Waals surface area contributed by atoms with Gasteiger partial charge in [-0.25, -0.2) is 4.98 Å². The molecule has 4 aromatic rings. The highest BCUT2D eigenvalue weighted by Gasteiger charge is 2.18. The van der Waals surface area contributed by atoms with Crippen LogP contribution in [0.1, 0.15) is 5.56 Å². The fourth-order valence-electron chi connectivity index (χ4n) is 3.06. The quantitative estimate of drug-likeness (QED) is 0.353. The summed E-state index contributed by atoms with van der Waals surface area (Å²) in [5.41, 5.74) is 5.69. The second-order valence-corrected chi connectivity index (χ2v) is 7.68. The Bertz CT molecular complexity index is 1030. The number of hydrogen-bond acceptors (Lipinski definition) is 2. The van der Waals surface area contributed by atoms with Gasteiger partial charge in [-0.15, -0.1) is 0 Å². The van der Waals surface area contributed by atoms with E-state index in [4.69, 9.17) is 16.6 Å². The van der Waals surface area contributed by atoms with Gasteiger partial charge in [0.1, 0.15) is 0 Å². The molecule has 0 amide bonds. The molecule has 134 valence electrons. The molecular formula is C23H19ClN2S. The third kappa shape index (κ3) is 3.95. The van der Waals surface area contributed by atoms with Gasteiger partial charge in [-0.2, -0.15) is 0 Å². The summed E-state index contributed by atoms with van der Waals surface area (Å²) in [5.74, 6) is 0.852. The van der Waals surface area contributed by atoms with Crippen molar-refractivity contribution in [2.75, 3.05) is 0 Å². The Kier molecular flexibility index (Phi) is 5.33. The van der Waals surface area contributed by atoms with E-state index in [1.165, 1.54) is 11.1 Å². The van der Waals surface area contributed by atoms with Crippen molar-refractivity contribution in [3.8, 4) is 22.5 Å². The Morgan fingerprint density at radius 1 is 0.815 bits per heavy atom. The summed E-state index contributed by atoms with van der Waals surface area (Å²) < 4.78 is 2.19. The van der Waals surface area contributed by atoms with Crippen LogP contribution in [0.25, 0.3) is 22.5 Å². The van der Waals surface area contributed by atoms with E-state index in [0.717, 1.165) is 32.9 Å². The van der Waals surface area contributed by atoms with Gasteiger partial charge in [-0.1, -0.05) is 96.2 Å². The maximum absolute atomic E-state index is 5.99. The minimum absolute atomic E-state index is 0.762. The van der Waals surface area contributed by atoms with Gasteiger partial charge in [0.25, 0.3) is 0 Å². The van der Waals surface area contributed by atoms with Crippen molar-refractivity contribution >= 4 is 23.4 Å². The molecule has 0 atom stereocenters. The van der Waals surface area contributed by atoms with Crippen LogP contribution < -0.4 is 0 Å². The summed E-state index contributed by atoms with van der Waals surface area (Å²) in [7, 11) is 2.09. The molecule has 2 nitrogen and oxygen atoms in total. The molecule has 0 saturated heterocycles. The molecule has 0 radical (unpaired) electrons. The predicted octanol–water partition coefficient (Wildman–Crippen LogP) is 6.70. The molecule has 1 heterocycles. The molecule has 0 aliphatic heterocycles. The van der Waals surface area contributed by atoms with E-state index < -0.39 is 0 Å². The zero-order valence-corrected chi connectivity index (χ0v) is 16.5. The lowest BCUT2D eigenvalue weighted by molar-refractivity contribution is 0.796. The number of nitrogens with zero attached hydrogens (tertiary/aromatic N) is 2. The summed E-state index contributed by atoms with van der Waals surface area (Å²) in [6, 6.07) is 28.8. The van der Waals surface area contributed by atoms with E-state index in [0.29, 0.717) is 0 Å². The summed E-state index contributed by atoms with van der Waals surface area (Å²) in [6.45, 7) is 0. The van der Waals surface area contributed by atoms with Crippen LogP contribution in [0.15, 0.2) is 90.1 Å². The van der Waals surface area contributed by atoms with Crippen LogP contribution in [0.5, 0.6) is 0 Å². The zero-order chi connectivity index (χ0) is 18.6. The van der Waals surface area contributed by atoms with Gasteiger partial charge in [0.2, 0.25) is 0 Å². The van der Waals surface area contributed by atoms with Crippen molar-refractivity contribution in [3.05, 3.63) is 95.5 Å². The normalized spacial score (nSPS) is 10.9. The molecule has 4 rings (SSSR count). The van der Waals surface area contributed by atoms with E-state index in [-0.39, 0.29) is 0 Å². The fourth-order valence-corrected chi connectivity index (χ4v) is 4.11. The summed E-state index contributed by atoms with van der Waals surface area (Å²) >= 11 is 7.73. The van der Waals surface area contributed by atoms with Crippen molar-refractivity contribution in [2.45, 2.75) is 10.9 Å². The molecule has 4 heteroatoms. The predicted molar refractivity (Wildman–Crippen MR) is 115 cm³/mol. The molecule has 27 heavy (non-hydrogen) atoms. The van der Waals surface area contributed by atoms with Gasteiger partial charge < -0.3 is 4.57 Å². The first kappa shape index (κ1) is 17.9. The monoisotopic (exact) mass is 390 g/mol. The van der Waals surface area contributed by atoms with Gasteiger partial charge in [-0.05, 0) is 17.7 Å². The van der Waals surface area contributed by atoms with Crippen LogP contribution in [-0.4, -0.2) is 9.55 Å². The Labute approximate surface area is 168 Å². The summed E-state index contributed by atoms with van der Waals surface area (Å²) in [6.07, 6.45) is 0. The Morgan fingerprint density at radius 3 is 2.04 bits per heavy atom. The molecular weight excluding hydrogens is 372 g/mol. The lowest BCUT2D eigenvalue weighted by Crippen LogP contribution is -1.95. The minimum atomic E-state index is 0.762. The first-order valence-electron chi connectivity index (χ1n) is 8.77. The first-order chi connectivity index (χ1) is 13.2. The molecule has 0 aliphatic carbocycles. The van der Waals surface area contributed by atoms with Crippen LogP contribution in [0.3, 0.4) is 0 Å². The van der Waals surface area contributed by atoms with E-state index in [1.807, 2.05) is 24.3 Å². The molecule has 0 unspecified atom stereocenters. The number of aromatic nitrogens is 2. The summed E-state index contributed by atoms with van der Waals surface area (Å²) in [4.78, 5) is 4.99. The average Bonchev–Trinajstić information content (AvgIpc) is 3.05. The second kappa shape index (κ2) is 8.03. The van der Waals surface area contributed by atoms with Crippen molar-refractivity contribution in [3.63, 3.8) is 0 Å². The number of thioether (sulfide) groups is 1. The van der Waals surface area contributed by atoms with Gasteiger partial charge >= 0.3 is 0 Å². The van der Waals surface area contributed by atoms with E-state index in [9.17, 15) is 0 Å². The molecule has 3 aromatic carbocycles. The highest BCUT2D eigenvalue weighted by Crippen LogP contribution is 2.35. The highest BCUT2D eigenvalue weighted by atomic mass is 35.5. The first-order valence-corrected chi connectivity index (χ1v) is 10.1. The van der Waals surface area contributed by atoms with E-state index in [1.54, 1.807) is 11.8 Å². The van der Waals surface area contributed by atoms with Gasteiger partial charge in [-0.3, -0.25) is 0 Å². The van der Waals surface area contributed by atoms with Crippen molar-refractivity contribution in [1.82, 2.24) is 9.55 Å². The highest BCUT2D eigenvalue weighted by molar-refractivity contribution is 7.98. The molecule has 1 aromatic heterocycles. The van der Waals surface area contributed by atoms with Crippen LogP contribution in [0.4, 0.5) is 0 Å². The van der Waals surface area contributed by atoms with Crippen LogP contribution in [0, 0.1) is 0 Å². The van der Waals surface area contributed by atoms with Crippen molar-refractivity contribution in [1.29, 1.82) is 0 Å². The molecule has 0 N–H and O–H groups in total. The number of rotatable bonds is 5. The Morgan fingerprint density at radius 2 is 1.41 bits per heavy atom. The minimum Gasteiger partial charge on any atom is -0.322 e.